The van der Waals surface area contributed by atoms with E-state index in [9.17, 15) is 0 Å². The molecule has 17 heavy (non-hydrogen) atoms. The Kier molecular flexibility index (Phi) is 6.18. The van der Waals surface area contributed by atoms with Gasteiger partial charge < -0.3 is 5.21 Å². The molecule has 0 spiro atoms. The minimum absolute atomic E-state index is 0.571. The Balaban J connectivity index is 2.74. The van der Waals surface area contributed by atoms with E-state index in [1.54, 1.807) is 11.3 Å². The minimum Gasteiger partial charge on any atom is -0.411 e. The second-order valence-corrected chi connectivity index (χ2v) is 5.27. The van der Waals surface area contributed by atoms with E-state index in [0.29, 0.717) is 12.3 Å². The number of hydrogen-bond acceptors (Lipinski definition) is 4. The van der Waals surface area contributed by atoms with Crippen molar-refractivity contribution < 1.29 is 5.21 Å². The minimum atomic E-state index is 0.571. The van der Waals surface area contributed by atoms with Crippen LogP contribution in [-0.2, 0) is 0 Å². The first-order chi connectivity index (χ1) is 8.21. The largest absolute Gasteiger partial charge is 0.411 e. The SMILES string of the molecule is C=CCN(CC=C)C/C(=N\O)c1cc(Br)cs1. The van der Waals surface area contributed by atoms with Gasteiger partial charge in [0.1, 0.15) is 5.71 Å². The van der Waals surface area contributed by atoms with Gasteiger partial charge in [-0.2, -0.15) is 0 Å². The third kappa shape index (κ3) is 4.46. The van der Waals surface area contributed by atoms with Crippen molar-refractivity contribution in [1.29, 1.82) is 0 Å². The zero-order chi connectivity index (χ0) is 12.7. The number of rotatable bonds is 7. The smallest absolute Gasteiger partial charge is 0.111 e. The molecule has 0 saturated carbocycles. The molecule has 0 saturated heterocycles. The molecule has 0 radical (unpaired) electrons. The molecule has 0 aliphatic heterocycles. The van der Waals surface area contributed by atoms with E-state index < -0.39 is 0 Å². The molecule has 0 fully saturated rings. The number of oxime groups is 1. The van der Waals surface area contributed by atoms with Gasteiger partial charge >= 0.3 is 0 Å². The zero-order valence-corrected chi connectivity index (χ0v) is 11.9. The standard InChI is InChI=1S/C12H15BrN2OS/c1-3-5-15(6-4-2)8-11(14-16)12-7-10(13)9-17-12/h3-4,7,9,16H,1-2,5-6,8H2/b14-11+. The number of halogens is 1. The molecule has 3 nitrogen and oxygen atoms in total. The maximum absolute atomic E-state index is 9.08. The zero-order valence-electron chi connectivity index (χ0n) is 9.47. The molecule has 0 amide bonds. The molecule has 1 rings (SSSR count). The van der Waals surface area contributed by atoms with Crippen LogP contribution in [-0.4, -0.2) is 35.5 Å². The molecule has 0 atom stereocenters. The quantitative estimate of drug-likeness (QED) is 0.362. The highest BCUT2D eigenvalue weighted by Crippen LogP contribution is 2.20. The van der Waals surface area contributed by atoms with Crippen molar-refractivity contribution in [3.8, 4) is 0 Å². The summed E-state index contributed by atoms with van der Waals surface area (Å²) in [4.78, 5) is 3.04. The summed E-state index contributed by atoms with van der Waals surface area (Å²) in [6.07, 6.45) is 3.64. The van der Waals surface area contributed by atoms with Crippen LogP contribution < -0.4 is 0 Å². The van der Waals surface area contributed by atoms with Gasteiger partial charge in [-0.3, -0.25) is 4.90 Å². The van der Waals surface area contributed by atoms with Crippen LogP contribution in [0.2, 0.25) is 0 Å². The average Bonchev–Trinajstić information content (AvgIpc) is 2.73. The molecular weight excluding hydrogens is 300 g/mol. The summed E-state index contributed by atoms with van der Waals surface area (Å²) in [5, 5.41) is 14.4. The Morgan fingerprint density at radius 2 is 2.12 bits per heavy atom. The lowest BCUT2D eigenvalue weighted by molar-refractivity contribution is 0.311. The number of thiophene rings is 1. The summed E-state index contributed by atoms with van der Waals surface area (Å²) in [5.41, 5.74) is 0.657. The van der Waals surface area contributed by atoms with Crippen molar-refractivity contribution >= 4 is 33.0 Å². The summed E-state index contributed by atoms with van der Waals surface area (Å²) in [5.74, 6) is 0. The van der Waals surface area contributed by atoms with E-state index in [-0.39, 0.29) is 0 Å². The Hall–Kier alpha value is -0.910. The summed E-state index contributed by atoms with van der Waals surface area (Å²) >= 11 is 4.93. The van der Waals surface area contributed by atoms with E-state index in [1.807, 2.05) is 23.6 Å². The van der Waals surface area contributed by atoms with Crippen molar-refractivity contribution in [2.75, 3.05) is 19.6 Å². The Morgan fingerprint density at radius 3 is 2.53 bits per heavy atom. The van der Waals surface area contributed by atoms with E-state index in [2.05, 4.69) is 39.1 Å². The van der Waals surface area contributed by atoms with E-state index in [1.165, 1.54) is 0 Å². The van der Waals surface area contributed by atoms with E-state index in [0.717, 1.165) is 22.4 Å². The molecule has 0 aliphatic carbocycles. The van der Waals surface area contributed by atoms with Crippen molar-refractivity contribution in [1.82, 2.24) is 4.90 Å². The Labute approximate surface area is 114 Å². The maximum atomic E-state index is 9.08. The third-order valence-electron chi connectivity index (χ3n) is 2.12. The third-order valence-corrected chi connectivity index (χ3v) is 3.86. The first-order valence-electron chi connectivity index (χ1n) is 5.10. The van der Waals surface area contributed by atoms with Gasteiger partial charge in [-0.25, -0.2) is 0 Å². The molecule has 5 heteroatoms. The lowest BCUT2D eigenvalue weighted by Crippen LogP contribution is -2.30. The van der Waals surface area contributed by atoms with Crippen LogP contribution in [0.4, 0.5) is 0 Å². The van der Waals surface area contributed by atoms with Crippen LogP contribution in [0.3, 0.4) is 0 Å². The predicted molar refractivity (Wildman–Crippen MR) is 77.2 cm³/mol. The fourth-order valence-electron chi connectivity index (χ4n) is 1.40. The van der Waals surface area contributed by atoms with Gasteiger partial charge in [0.25, 0.3) is 0 Å². The normalized spacial score (nSPS) is 11.8. The average molecular weight is 315 g/mol. The van der Waals surface area contributed by atoms with Crippen LogP contribution in [0.5, 0.6) is 0 Å². The Bertz CT molecular complexity index is 404. The lowest BCUT2D eigenvalue weighted by atomic mass is 10.2. The lowest BCUT2D eigenvalue weighted by Gasteiger charge is -2.18. The van der Waals surface area contributed by atoms with E-state index in [4.69, 9.17) is 5.21 Å². The van der Waals surface area contributed by atoms with Gasteiger partial charge in [0.2, 0.25) is 0 Å². The van der Waals surface area contributed by atoms with Crippen LogP contribution in [0.1, 0.15) is 4.88 Å². The molecule has 1 N–H and O–H groups in total. The molecule has 0 unspecified atom stereocenters. The van der Waals surface area contributed by atoms with Gasteiger partial charge in [-0.1, -0.05) is 17.3 Å². The topological polar surface area (TPSA) is 35.8 Å². The molecule has 1 aromatic rings. The summed E-state index contributed by atoms with van der Waals surface area (Å²) in [7, 11) is 0. The second kappa shape index (κ2) is 7.42. The fourth-order valence-corrected chi connectivity index (χ4v) is 2.81. The monoisotopic (exact) mass is 314 g/mol. The molecule has 92 valence electrons. The van der Waals surface area contributed by atoms with Crippen LogP contribution in [0.15, 0.2) is 46.4 Å². The van der Waals surface area contributed by atoms with Gasteiger partial charge in [0.05, 0.1) is 4.88 Å². The first-order valence-corrected chi connectivity index (χ1v) is 6.78. The predicted octanol–water partition coefficient (Wildman–Crippen LogP) is 3.36. The molecule has 0 aliphatic rings. The Morgan fingerprint density at radius 1 is 1.47 bits per heavy atom. The highest BCUT2D eigenvalue weighted by molar-refractivity contribution is 9.10. The van der Waals surface area contributed by atoms with Crippen molar-refractivity contribution in [2.45, 2.75) is 0 Å². The number of hydrogen-bond donors (Lipinski definition) is 1. The molecule has 1 heterocycles. The molecule has 1 aromatic heterocycles. The molecule has 0 aromatic carbocycles. The number of nitrogens with zero attached hydrogens (tertiary/aromatic N) is 2. The summed E-state index contributed by atoms with van der Waals surface area (Å²) in [6, 6.07) is 1.94. The van der Waals surface area contributed by atoms with Crippen molar-refractivity contribution in [3.05, 3.63) is 46.1 Å². The first kappa shape index (κ1) is 14.2. The molecular formula is C12H15BrN2OS. The highest BCUT2D eigenvalue weighted by atomic mass is 79.9. The van der Waals surface area contributed by atoms with Gasteiger partial charge in [0, 0.05) is 29.5 Å². The van der Waals surface area contributed by atoms with Gasteiger partial charge in [-0.05, 0) is 22.0 Å². The fraction of sp³-hybridized carbons (Fsp3) is 0.250. The van der Waals surface area contributed by atoms with E-state index >= 15 is 0 Å². The summed E-state index contributed by atoms with van der Waals surface area (Å²) < 4.78 is 0.998. The highest BCUT2D eigenvalue weighted by Gasteiger charge is 2.11. The van der Waals surface area contributed by atoms with Crippen molar-refractivity contribution in [2.24, 2.45) is 5.16 Å². The second-order valence-electron chi connectivity index (χ2n) is 3.45. The van der Waals surface area contributed by atoms with Gasteiger partial charge in [0.15, 0.2) is 0 Å². The molecule has 0 bridgehead atoms. The van der Waals surface area contributed by atoms with Crippen LogP contribution >= 0.6 is 27.3 Å². The van der Waals surface area contributed by atoms with Crippen molar-refractivity contribution in [3.63, 3.8) is 0 Å². The summed E-state index contributed by atoms with van der Waals surface area (Å²) in [6.45, 7) is 9.46. The van der Waals surface area contributed by atoms with Crippen LogP contribution in [0, 0.1) is 0 Å². The maximum Gasteiger partial charge on any atom is 0.111 e. The van der Waals surface area contributed by atoms with Gasteiger partial charge in [-0.15, -0.1) is 24.5 Å². The van der Waals surface area contributed by atoms with Crippen LogP contribution in [0.25, 0.3) is 0 Å².